The molecule has 0 aromatic carbocycles. The fourth-order valence-electron chi connectivity index (χ4n) is 4.03. The summed E-state index contributed by atoms with van der Waals surface area (Å²) in [6.45, 7) is 4.36. The Morgan fingerprint density at radius 3 is 2.66 bits per heavy atom. The minimum atomic E-state index is -1.31. The topological polar surface area (TPSA) is 126 Å². The normalized spacial score (nSPS) is 15.0. The van der Waals surface area contributed by atoms with Crippen molar-refractivity contribution >= 4 is 39.9 Å². The molecule has 1 aliphatic rings. The zero-order valence-electron chi connectivity index (χ0n) is 17.9. The fraction of sp³-hybridized carbons (Fsp3) is 0.409. The number of carboxylic acid groups (broad SMARTS) is 1. The molecule has 0 unspecified atom stereocenters. The number of Topliss-reactive ketones (excluding diaryl/α,β-unsaturated/α-hetero) is 1. The molecular formula is C22H24N4O5S. The number of anilines is 1. The predicted molar refractivity (Wildman–Crippen MR) is 121 cm³/mol. The number of aliphatic hydroxyl groups is 1. The molecule has 9 nitrogen and oxygen atoms in total. The smallest absolute Gasteiger partial charge is 0.341 e. The first kappa shape index (κ1) is 22.1. The van der Waals surface area contributed by atoms with Gasteiger partial charge in [-0.25, -0.2) is 14.8 Å². The van der Waals surface area contributed by atoms with E-state index in [0.29, 0.717) is 54.5 Å². The second-order valence-corrected chi connectivity index (χ2v) is 9.10. The molecule has 0 amide bonds. The third kappa shape index (κ3) is 4.03. The van der Waals surface area contributed by atoms with Gasteiger partial charge in [-0.2, -0.15) is 0 Å². The monoisotopic (exact) mass is 456 g/mol. The van der Waals surface area contributed by atoms with Crippen LogP contribution >= 0.6 is 11.3 Å². The summed E-state index contributed by atoms with van der Waals surface area (Å²) in [5.74, 6) is -0.579. The van der Waals surface area contributed by atoms with E-state index >= 15 is 0 Å². The Morgan fingerprint density at radius 2 is 2.03 bits per heavy atom. The number of aromatic nitrogens is 3. The SMILES string of the molecule is CCCC(=O)CCC1(O)CN(c2cc(C)c3c(=O)c(C(=O)O)cn(-c4nccs4)c3n2)C1. The van der Waals surface area contributed by atoms with Crippen LogP contribution in [-0.2, 0) is 4.79 Å². The number of β-amino-alcohol motifs (C(OH)–C–C–N with tert-alkyl or cyclic N) is 1. The van der Waals surface area contributed by atoms with Crippen LogP contribution in [0.1, 0.15) is 48.5 Å². The largest absolute Gasteiger partial charge is 0.477 e. The van der Waals surface area contributed by atoms with E-state index in [1.165, 1.54) is 22.1 Å². The second-order valence-electron chi connectivity index (χ2n) is 8.23. The molecule has 168 valence electrons. The Balaban J connectivity index is 1.69. The first-order valence-electron chi connectivity index (χ1n) is 10.4. The molecule has 0 spiro atoms. The van der Waals surface area contributed by atoms with Crippen molar-refractivity contribution in [3.63, 3.8) is 0 Å². The molecule has 32 heavy (non-hydrogen) atoms. The summed E-state index contributed by atoms with van der Waals surface area (Å²) >= 11 is 1.30. The lowest BCUT2D eigenvalue weighted by atomic mass is 9.87. The van der Waals surface area contributed by atoms with Crippen molar-refractivity contribution in [1.29, 1.82) is 0 Å². The van der Waals surface area contributed by atoms with E-state index < -0.39 is 17.0 Å². The molecular weight excluding hydrogens is 432 g/mol. The predicted octanol–water partition coefficient (Wildman–Crippen LogP) is 2.55. The summed E-state index contributed by atoms with van der Waals surface area (Å²) in [6, 6.07) is 1.73. The standard InChI is InChI=1S/C22H24N4O5S/c1-3-4-14(27)5-6-22(31)11-25(12-22)16-9-13(2)17-18(28)15(20(29)30)10-26(19(17)24-16)21-23-7-8-32-21/h7-10,31H,3-6,11-12H2,1-2H3,(H,29,30). The molecule has 1 fully saturated rings. The Kier molecular flexibility index (Phi) is 5.83. The molecule has 0 bridgehead atoms. The van der Waals surface area contributed by atoms with E-state index in [4.69, 9.17) is 0 Å². The lowest BCUT2D eigenvalue weighted by molar-refractivity contribution is -0.120. The summed E-state index contributed by atoms with van der Waals surface area (Å²) in [4.78, 5) is 47.1. The van der Waals surface area contributed by atoms with Crippen LogP contribution in [0.15, 0.2) is 28.6 Å². The van der Waals surface area contributed by atoms with Crippen LogP contribution in [0.4, 0.5) is 5.82 Å². The molecule has 3 aromatic heterocycles. The van der Waals surface area contributed by atoms with Crippen LogP contribution in [-0.4, -0.2) is 55.2 Å². The third-order valence-electron chi connectivity index (χ3n) is 5.69. The minimum Gasteiger partial charge on any atom is -0.477 e. The van der Waals surface area contributed by atoms with Crippen LogP contribution in [0.2, 0.25) is 0 Å². The van der Waals surface area contributed by atoms with Gasteiger partial charge in [-0.3, -0.25) is 14.2 Å². The Morgan fingerprint density at radius 1 is 1.28 bits per heavy atom. The maximum absolute atomic E-state index is 12.8. The number of rotatable bonds is 8. The van der Waals surface area contributed by atoms with Crippen LogP contribution in [0, 0.1) is 6.92 Å². The van der Waals surface area contributed by atoms with Gasteiger partial charge in [0.2, 0.25) is 5.43 Å². The van der Waals surface area contributed by atoms with Crippen molar-refractivity contribution in [2.75, 3.05) is 18.0 Å². The van der Waals surface area contributed by atoms with Gasteiger partial charge >= 0.3 is 5.97 Å². The van der Waals surface area contributed by atoms with Gasteiger partial charge in [0.25, 0.3) is 0 Å². The van der Waals surface area contributed by atoms with Crippen molar-refractivity contribution < 1.29 is 19.8 Å². The molecule has 0 atom stereocenters. The van der Waals surface area contributed by atoms with Gasteiger partial charge in [0.05, 0.1) is 5.39 Å². The average Bonchev–Trinajstić information content (AvgIpc) is 3.24. The molecule has 4 rings (SSSR count). The summed E-state index contributed by atoms with van der Waals surface area (Å²) < 4.78 is 1.52. The zero-order chi connectivity index (χ0) is 23.0. The molecule has 0 aliphatic carbocycles. The molecule has 10 heteroatoms. The molecule has 0 radical (unpaired) electrons. The summed E-state index contributed by atoms with van der Waals surface area (Å²) in [6.07, 6.45) is 4.93. The first-order chi connectivity index (χ1) is 15.2. The van der Waals surface area contributed by atoms with Crippen LogP contribution in [0.25, 0.3) is 16.2 Å². The molecule has 3 aromatic rings. The van der Waals surface area contributed by atoms with Gasteiger partial charge in [0.15, 0.2) is 10.8 Å². The summed E-state index contributed by atoms with van der Waals surface area (Å²) in [5.41, 5.74) is -0.974. The summed E-state index contributed by atoms with van der Waals surface area (Å²) in [5, 5.41) is 22.7. The number of pyridine rings is 2. The highest BCUT2D eigenvalue weighted by atomic mass is 32.1. The number of carbonyl (C=O) groups is 2. The maximum atomic E-state index is 12.8. The quantitative estimate of drug-likeness (QED) is 0.530. The Bertz CT molecular complexity index is 1250. The Labute approximate surface area is 188 Å². The lowest BCUT2D eigenvalue weighted by Gasteiger charge is -2.47. The molecule has 1 saturated heterocycles. The van der Waals surface area contributed by atoms with E-state index in [1.807, 2.05) is 11.8 Å². The molecule has 1 aliphatic heterocycles. The van der Waals surface area contributed by atoms with Gasteiger partial charge in [0, 0.05) is 43.7 Å². The molecule has 0 saturated carbocycles. The van der Waals surface area contributed by atoms with E-state index in [2.05, 4.69) is 9.97 Å². The van der Waals surface area contributed by atoms with Crippen molar-refractivity contribution in [3.05, 3.63) is 45.2 Å². The highest BCUT2D eigenvalue weighted by Crippen LogP contribution is 2.32. The number of carbonyl (C=O) groups excluding carboxylic acids is 1. The number of thiazole rings is 1. The molecule has 2 N–H and O–H groups in total. The van der Waals surface area contributed by atoms with Gasteiger partial charge in [-0.05, 0) is 31.4 Å². The third-order valence-corrected chi connectivity index (χ3v) is 6.46. The highest BCUT2D eigenvalue weighted by molar-refractivity contribution is 7.12. The number of aryl methyl sites for hydroxylation is 1. The van der Waals surface area contributed by atoms with E-state index in [-0.39, 0.29) is 16.7 Å². The van der Waals surface area contributed by atoms with Gasteiger partial charge in [-0.15, -0.1) is 11.3 Å². The van der Waals surface area contributed by atoms with Gasteiger partial charge < -0.3 is 15.1 Å². The van der Waals surface area contributed by atoms with E-state index in [0.717, 1.165) is 6.42 Å². The fourth-order valence-corrected chi connectivity index (χ4v) is 4.65. The van der Waals surface area contributed by atoms with Crippen LogP contribution < -0.4 is 10.3 Å². The van der Waals surface area contributed by atoms with Crippen molar-refractivity contribution in [2.45, 2.75) is 45.1 Å². The Hall–Kier alpha value is -3.11. The van der Waals surface area contributed by atoms with Crippen LogP contribution in [0.3, 0.4) is 0 Å². The van der Waals surface area contributed by atoms with Gasteiger partial charge in [0.1, 0.15) is 22.8 Å². The number of hydrogen-bond donors (Lipinski definition) is 2. The van der Waals surface area contributed by atoms with E-state index in [9.17, 15) is 24.6 Å². The first-order valence-corrected chi connectivity index (χ1v) is 11.3. The highest BCUT2D eigenvalue weighted by Gasteiger charge is 2.42. The van der Waals surface area contributed by atoms with E-state index in [1.54, 1.807) is 24.6 Å². The zero-order valence-corrected chi connectivity index (χ0v) is 18.7. The second kappa shape index (κ2) is 8.44. The minimum absolute atomic E-state index is 0.153. The number of carboxylic acids is 1. The van der Waals surface area contributed by atoms with Crippen molar-refractivity contribution in [3.8, 4) is 5.13 Å². The number of aromatic carboxylic acids is 1. The number of hydrogen-bond acceptors (Lipinski definition) is 8. The number of ketones is 1. The molecule has 4 heterocycles. The number of nitrogens with zero attached hydrogens (tertiary/aromatic N) is 4. The van der Waals surface area contributed by atoms with Gasteiger partial charge in [-0.1, -0.05) is 6.92 Å². The average molecular weight is 457 g/mol. The maximum Gasteiger partial charge on any atom is 0.341 e. The van der Waals surface area contributed by atoms with Crippen molar-refractivity contribution in [1.82, 2.24) is 14.5 Å². The number of fused-ring (bicyclic) bond motifs is 1. The lowest BCUT2D eigenvalue weighted by Crippen LogP contribution is -2.62. The van der Waals surface area contributed by atoms with Crippen LogP contribution in [0.5, 0.6) is 0 Å². The van der Waals surface area contributed by atoms with Crippen molar-refractivity contribution in [2.24, 2.45) is 0 Å². The summed E-state index contributed by atoms with van der Waals surface area (Å²) in [7, 11) is 0.